The van der Waals surface area contributed by atoms with E-state index in [2.05, 4.69) is 20.3 Å². The first-order valence-corrected chi connectivity index (χ1v) is 3.73. The van der Waals surface area contributed by atoms with Gasteiger partial charge in [-0.2, -0.15) is 12.8 Å². The molecule has 55 valence electrons. The molecule has 0 aliphatic carbocycles. The first kappa shape index (κ1) is 16.6. The van der Waals surface area contributed by atoms with Crippen molar-refractivity contribution in [3.05, 3.63) is 6.42 Å². The van der Waals surface area contributed by atoms with E-state index in [1.807, 2.05) is 13.8 Å². The molecule has 0 amide bonds. The van der Waals surface area contributed by atoms with Gasteiger partial charge in [-0.3, -0.25) is 0 Å². The van der Waals surface area contributed by atoms with E-state index >= 15 is 0 Å². The SMILES string of the molecule is CC.CC[CH-]CCC.[Y]. The van der Waals surface area contributed by atoms with Crippen molar-refractivity contribution in [3.63, 3.8) is 0 Å². The molecule has 0 heterocycles. The summed E-state index contributed by atoms with van der Waals surface area (Å²) < 4.78 is 0. The van der Waals surface area contributed by atoms with Gasteiger partial charge >= 0.3 is 0 Å². The second kappa shape index (κ2) is 23.0. The molecule has 0 spiro atoms. The maximum absolute atomic E-state index is 2.31. The summed E-state index contributed by atoms with van der Waals surface area (Å²) in [6, 6.07) is 0. The zero-order valence-electron chi connectivity index (χ0n) is 7.28. The zero-order valence-corrected chi connectivity index (χ0v) is 10.1. The molecular weight excluding hydrogens is 185 g/mol. The molecule has 1 heteroatoms. The van der Waals surface area contributed by atoms with E-state index in [4.69, 9.17) is 0 Å². The molecule has 0 nitrogen and oxygen atoms in total. The average molecular weight is 204 g/mol. The Bertz CT molecular complexity index is 16.5. The number of rotatable bonds is 3. The first-order valence-electron chi connectivity index (χ1n) is 3.73. The molecule has 0 saturated heterocycles. The number of hydrogen-bond acceptors (Lipinski definition) is 0. The molecule has 9 heavy (non-hydrogen) atoms. The fraction of sp³-hybridized carbons (Fsp3) is 0.875. The van der Waals surface area contributed by atoms with E-state index in [1.54, 1.807) is 0 Å². The molecule has 0 aromatic carbocycles. The summed E-state index contributed by atoms with van der Waals surface area (Å²) in [6.07, 6.45) is 6.12. The van der Waals surface area contributed by atoms with Crippen molar-refractivity contribution in [1.29, 1.82) is 0 Å². The number of hydrogen-bond donors (Lipinski definition) is 0. The van der Waals surface area contributed by atoms with Gasteiger partial charge in [0.1, 0.15) is 0 Å². The van der Waals surface area contributed by atoms with E-state index in [0.29, 0.717) is 0 Å². The van der Waals surface area contributed by atoms with Crippen LogP contribution >= 0.6 is 0 Å². The van der Waals surface area contributed by atoms with Crippen LogP contribution in [0.4, 0.5) is 0 Å². The van der Waals surface area contributed by atoms with Crippen molar-refractivity contribution in [2.24, 2.45) is 0 Å². The van der Waals surface area contributed by atoms with Crippen LogP contribution in [0.5, 0.6) is 0 Å². The minimum absolute atomic E-state index is 0. The fourth-order valence-electron chi connectivity index (χ4n) is 0.408. The Hall–Kier alpha value is 1.10. The molecule has 0 rings (SSSR count). The van der Waals surface area contributed by atoms with E-state index < -0.39 is 0 Å². The van der Waals surface area contributed by atoms with E-state index in [9.17, 15) is 0 Å². The Morgan fingerprint density at radius 2 is 1.56 bits per heavy atom. The van der Waals surface area contributed by atoms with Gasteiger partial charge < -0.3 is 6.42 Å². The van der Waals surface area contributed by atoms with E-state index in [-0.39, 0.29) is 32.7 Å². The largest absolute Gasteiger partial charge is 0.329 e. The standard InChI is InChI=1S/C6H13.C2H6.Y/c1-3-5-6-4-2;1-2;/h5H,3-4,6H2,1-2H3;1-2H3;/q-1;;. The molecule has 0 aromatic heterocycles. The molecule has 0 aromatic rings. The molecule has 0 saturated carbocycles. The van der Waals surface area contributed by atoms with Crippen molar-refractivity contribution in [2.75, 3.05) is 0 Å². The topological polar surface area (TPSA) is 0 Å². The van der Waals surface area contributed by atoms with Gasteiger partial charge in [-0.25, -0.2) is 0 Å². The predicted molar refractivity (Wildman–Crippen MR) is 40.8 cm³/mol. The summed E-state index contributed by atoms with van der Waals surface area (Å²) in [7, 11) is 0. The molecule has 1 radical (unpaired) electrons. The molecule has 0 aliphatic rings. The van der Waals surface area contributed by atoms with Gasteiger partial charge in [-0.1, -0.05) is 34.1 Å². The Morgan fingerprint density at radius 1 is 1.11 bits per heavy atom. The van der Waals surface area contributed by atoms with Crippen molar-refractivity contribution in [3.8, 4) is 0 Å². The fourth-order valence-corrected chi connectivity index (χ4v) is 0.408. The maximum atomic E-state index is 2.31. The molecule has 0 atom stereocenters. The van der Waals surface area contributed by atoms with E-state index in [1.165, 1.54) is 19.3 Å². The van der Waals surface area contributed by atoms with Crippen molar-refractivity contribution < 1.29 is 32.7 Å². The third-order valence-electron chi connectivity index (χ3n) is 0.781. The van der Waals surface area contributed by atoms with E-state index in [0.717, 1.165) is 0 Å². The van der Waals surface area contributed by atoms with Gasteiger partial charge in [0.05, 0.1) is 0 Å². The summed E-state index contributed by atoms with van der Waals surface area (Å²) in [5.41, 5.74) is 0. The Kier molecular flexibility index (Phi) is 42.3. The molecule has 0 fully saturated rings. The summed E-state index contributed by atoms with van der Waals surface area (Å²) >= 11 is 0. The monoisotopic (exact) mass is 204 g/mol. The van der Waals surface area contributed by atoms with Gasteiger partial charge in [0, 0.05) is 32.7 Å². The Balaban J connectivity index is -0.000000109. The normalized spacial score (nSPS) is 6.67. The van der Waals surface area contributed by atoms with Gasteiger partial charge in [0.25, 0.3) is 0 Å². The second-order valence-corrected chi connectivity index (χ2v) is 1.49. The summed E-state index contributed by atoms with van der Waals surface area (Å²) in [5, 5.41) is 0. The van der Waals surface area contributed by atoms with Gasteiger partial charge in [0.2, 0.25) is 0 Å². The number of unbranched alkanes of at least 4 members (excludes halogenated alkanes) is 3. The minimum Gasteiger partial charge on any atom is -0.329 e. The summed E-state index contributed by atoms with van der Waals surface area (Å²) in [5.74, 6) is 0. The van der Waals surface area contributed by atoms with Crippen molar-refractivity contribution in [2.45, 2.75) is 47.0 Å². The minimum atomic E-state index is 0. The first-order chi connectivity index (χ1) is 3.91. The summed E-state index contributed by atoms with van der Waals surface area (Å²) in [6.45, 7) is 8.38. The smallest absolute Gasteiger partial charge is 0 e. The van der Waals surface area contributed by atoms with Crippen molar-refractivity contribution >= 4 is 0 Å². The molecule has 0 unspecified atom stereocenters. The molecule has 0 bridgehead atoms. The van der Waals surface area contributed by atoms with Crippen LogP contribution in [-0.2, 0) is 32.7 Å². The van der Waals surface area contributed by atoms with Crippen molar-refractivity contribution in [1.82, 2.24) is 0 Å². The molecular formula is C8H19Y-. The zero-order chi connectivity index (χ0) is 6.83. The summed E-state index contributed by atoms with van der Waals surface area (Å²) in [4.78, 5) is 0. The van der Waals surface area contributed by atoms with Gasteiger partial charge in [-0.05, 0) is 0 Å². The van der Waals surface area contributed by atoms with Crippen LogP contribution in [0.25, 0.3) is 0 Å². The van der Waals surface area contributed by atoms with Gasteiger partial charge in [0.15, 0.2) is 0 Å². The molecule has 0 N–H and O–H groups in total. The van der Waals surface area contributed by atoms with Crippen LogP contribution in [-0.4, -0.2) is 0 Å². The third kappa shape index (κ3) is 27.3. The second-order valence-electron chi connectivity index (χ2n) is 1.49. The van der Waals surface area contributed by atoms with Crippen LogP contribution in [0.15, 0.2) is 0 Å². The van der Waals surface area contributed by atoms with Crippen LogP contribution in [0.1, 0.15) is 47.0 Å². The van der Waals surface area contributed by atoms with Crippen LogP contribution < -0.4 is 0 Å². The average Bonchev–Trinajstić information content (AvgIpc) is 1.88. The maximum Gasteiger partial charge on any atom is 0 e. The Morgan fingerprint density at radius 3 is 1.67 bits per heavy atom. The van der Waals surface area contributed by atoms with Crippen LogP contribution in [0.3, 0.4) is 0 Å². The quantitative estimate of drug-likeness (QED) is 0.488. The molecule has 0 aliphatic heterocycles. The third-order valence-corrected chi connectivity index (χ3v) is 0.781. The Labute approximate surface area is 85.7 Å². The van der Waals surface area contributed by atoms with Crippen LogP contribution in [0, 0.1) is 6.42 Å². The predicted octanol–water partition coefficient (Wildman–Crippen LogP) is 3.42. The van der Waals surface area contributed by atoms with Crippen LogP contribution in [0.2, 0.25) is 0 Å². The van der Waals surface area contributed by atoms with Gasteiger partial charge in [-0.15, -0.1) is 0 Å².